The number of fused-ring (bicyclic) bond motifs is 1. The standard InChI is InChI=1S/C18H16BrNO4/c1-11(19)18(22)20-14-10-16-15(23-7-8-24-16)9-13(14)17(21)12-5-3-2-4-6-12/h2-6,9-11H,7-8H2,1H3,(H,20,22)/t11-/m1/s1. The number of halogens is 1. The second-order valence-electron chi connectivity index (χ2n) is 5.34. The van der Waals surface area contributed by atoms with Crippen LogP contribution in [0, 0.1) is 0 Å². The van der Waals surface area contributed by atoms with Crippen molar-refractivity contribution in [3.63, 3.8) is 0 Å². The van der Waals surface area contributed by atoms with Crippen molar-refractivity contribution in [2.75, 3.05) is 18.5 Å². The zero-order chi connectivity index (χ0) is 17.1. The average molecular weight is 390 g/mol. The van der Waals surface area contributed by atoms with Crippen LogP contribution in [0.2, 0.25) is 0 Å². The predicted octanol–water partition coefficient (Wildman–Crippen LogP) is 3.41. The normalized spacial score (nSPS) is 13.9. The molecule has 0 saturated carbocycles. The van der Waals surface area contributed by atoms with Gasteiger partial charge in [-0.15, -0.1) is 0 Å². The predicted molar refractivity (Wildman–Crippen MR) is 94.3 cm³/mol. The molecule has 0 unspecified atom stereocenters. The summed E-state index contributed by atoms with van der Waals surface area (Å²) in [7, 11) is 0. The number of hydrogen-bond donors (Lipinski definition) is 1. The Hall–Kier alpha value is -2.34. The second kappa shape index (κ2) is 7.05. The van der Waals surface area contributed by atoms with Gasteiger partial charge in [-0.25, -0.2) is 0 Å². The van der Waals surface area contributed by atoms with Crippen molar-refractivity contribution in [1.82, 2.24) is 0 Å². The lowest BCUT2D eigenvalue weighted by Crippen LogP contribution is -2.23. The zero-order valence-electron chi connectivity index (χ0n) is 13.0. The third-order valence-corrected chi connectivity index (χ3v) is 4.00. The Balaban J connectivity index is 2.05. The number of benzene rings is 2. The van der Waals surface area contributed by atoms with Crippen molar-refractivity contribution in [2.24, 2.45) is 0 Å². The van der Waals surface area contributed by atoms with Gasteiger partial charge in [-0.2, -0.15) is 0 Å². The highest BCUT2D eigenvalue weighted by molar-refractivity contribution is 9.10. The highest BCUT2D eigenvalue weighted by atomic mass is 79.9. The fourth-order valence-electron chi connectivity index (χ4n) is 2.36. The van der Waals surface area contributed by atoms with Gasteiger partial charge >= 0.3 is 0 Å². The fraction of sp³-hybridized carbons (Fsp3) is 0.222. The van der Waals surface area contributed by atoms with Crippen LogP contribution < -0.4 is 14.8 Å². The number of carbonyl (C=O) groups is 2. The van der Waals surface area contributed by atoms with Crippen molar-refractivity contribution < 1.29 is 19.1 Å². The van der Waals surface area contributed by atoms with Crippen molar-refractivity contribution in [3.8, 4) is 11.5 Å². The van der Waals surface area contributed by atoms with Crippen LogP contribution in [0.15, 0.2) is 42.5 Å². The molecule has 2 aromatic carbocycles. The van der Waals surface area contributed by atoms with E-state index in [0.29, 0.717) is 41.5 Å². The van der Waals surface area contributed by atoms with E-state index < -0.39 is 0 Å². The molecule has 0 aliphatic carbocycles. The van der Waals surface area contributed by atoms with E-state index in [0.717, 1.165) is 0 Å². The molecule has 0 spiro atoms. The molecule has 0 radical (unpaired) electrons. The van der Waals surface area contributed by atoms with Crippen LogP contribution in [-0.4, -0.2) is 29.7 Å². The number of anilines is 1. The number of ether oxygens (including phenoxy) is 2. The van der Waals surface area contributed by atoms with Gasteiger partial charge in [0.1, 0.15) is 13.2 Å². The van der Waals surface area contributed by atoms with E-state index in [4.69, 9.17) is 9.47 Å². The van der Waals surface area contributed by atoms with Crippen LogP contribution in [0.4, 0.5) is 5.69 Å². The lowest BCUT2D eigenvalue weighted by Gasteiger charge is -2.21. The van der Waals surface area contributed by atoms with E-state index in [1.54, 1.807) is 43.3 Å². The van der Waals surface area contributed by atoms with Gasteiger partial charge in [0.2, 0.25) is 5.91 Å². The second-order valence-corrected chi connectivity index (χ2v) is 6.72. The first-order chi connectivity index (χ1) is 11.6. The first kappa shape index (κ1) is 16.5. The van der Waals surface area contributed by atoms with Crippen molar-refractivity contribution in [1.29, 1.82) is 0 Å². The van der Waals surface area contributed by atoms with E-state index in [1.807, 2.05) is 6.07 Å². The van der Waals surface area contributed by atoms with Crippen molar-refractivity contribution >= 4 is 33.3 Å². The first-order valence-corrected chi connectivity index (χ1v) is 8.46. The Morgan fingerprint density at radius 1 is 1.08 bits per heavy atom. The monoisotopic (exact) mass is 389 g/mol. The Morgan fingerprint density at radius 3 is 2.33 bits per heavy atom. The third-order valence-electron chi connectivity index (χ3n) is 3.58. The molecule has 1 amide bonds. The lowest BCUT2D eigenvalue weighted by atomic mass is 10.0. The Labute approximate surface area is 148 Å². The number of alkyl halides is 1. The van der Waals surface area contributed by atoms with Gasteiger partial charge in [-0.05, 0) is 13.0 Å². The molecule has 1 heterocycles. The summed E-state index contributed by atoms with van der Waals surface area (Å²) in [6.45, 7) is 2.57. The molecular weight excluding hydrogens is 374 g/mol. The molecule has 5 nitrogen and oxygen atoms in total. The van der Waals surface area contributed by atoms with Crippen LogP contribution in [-0.2, 0) is 4.79 Å². The smallest absolute Gasteiger partial charge is 0.237 e. The molecular formula is C18H16BrNO4. The molecule has 0 saturated heterocycles. The summed E-state index contributed by atoms with van der Waals surface area (Å²) in [6.07, 6.45) is 0. The van der Waals surface area contributed by atoms with Crippen molar-refractivity contribution in [2.45, 2.75) is 11.8 Å². The molecule has 1 atom stereocenters. The SMILES string of the molecule is C[C@@H](Br)C(=O)Nc1cc2c(cc1C(=O)c1ccccc1)OCCO2. The molecule has 1 aliphatic rings. The topological polar surface area (TPSA) is 64.6 Å². The van der Waals surface area contributed by atoms with Gasteiger partial charge < -0.3 is 14.8 Å². The highest BCUT2D eigenvalue weighted by Gasteiger charge is 2.22. The fourth-order valence-corrected chi connectivity index (χ4v) is 2.47. The maximum atomic E-state index is 12.8. The van der Waals surface area contributed by atoms with Crippen molar-refractivity contribution in [3.05, 3.63) is 53.6 Å². The molecule has 0 aromatic heterocycles. The number of ketones is 1. The largest absolute Gasteiger partial charge is 0.486 e. The Morgan fingerprint density at radius 2 is 1.71 bits per heavy atom. The first-order valence-electron chi connectivity index (χ1n) is 7.54. The summed E-state index contributed by atoms with van der Waals surface area (Å²) in [5, 5.41) is 2.77. The highest BCUT2D eigenvalue weighted by Crippen LogP contribution is 2.36. The van der Waals surface area contributed by atoms with E-state index in [9.17, 15) is 9.59 Å². The van der Waals surface area contributed by atoms with Crippen LogP contribution in [0.25, 0.3) is 0 Å². The molecule has 2 aromatic rings. The summed E-state index contributed by atoms with van der Waals surface area (Å²) >= 11 is 3.23. The van der Waals surface area contributed by atoms with E-state index >= 15 is 0 Å². The number of carbonyl (C=O) groups excluding carboxylic acids is 2. The van der Waals surface area contributed by atoms with E-state index in [2.05, 4.69) is 21.2 Å². The number of amides is 1. The van der Waals surface area contributed by atoms with Gasteiger partial charge in [0.25, 0.3) is 0 Å². The van der Waals surface area contributed by atoms with Gasteiger partial charge in [-0.3, -0.25) is 9.59 Å². The van der Waals surface area contributed by atoms with E-state index in [1.165, 1.54) is 0 Å². The van der Waals surface area contributed by atoms with E-state index in [-0.39, 0.29) is 16.5 Å². The Bertz CT molecular complexity index is 774. The van der Waals surface area contributed by atoms with Crippen LogP contribution >= 0.6 is 15.9 Å². The van der Waals surface area contributed by atoms with Gasteiger partial charge in [0.05, 0.1) is 16.1 Å². The van der Waals surface area contributed by atoms with Gasteiger partial charge in [0, 0.05) is 11.6 Å². The molecule has 124 valence electrons. The zero-order valence-corrected chi connectivity index (χ0v) is 14.6. The molecule has 0 fully saturated rings. The third kappa shape index (κ3) is 3.43. The molecule has 24 heavy (non-hydrogen) atoms. The quantitative estimate of drug-likeness (QED) is 0.642. The van der Waals surface area contributed by atoms with Crippen LogP contribution in [0.5, 0.6) is 11.5 Å². The number of nitrogens with one attached hydrogen (secondary N) is 1. The number of hydrogen-bond acceptors (Lipinski definition) is 4. The summed E-state index contributed by atoms with van der Waals surface area (Å²) in [6, 6.07) is 12.2. The maximum Gasteiger partial charge on any atom is 0.237 e. The summed E-state index contributed by atoms with van der Waals surface area (Å²) in [5.74, 6) is 0.590. The minimum Gasteiger partial charge on any atom is -0.486 e. The summed E-state index contributed by atoms with van der Waals surface area (Å²) < 4.78 is 11.1. The average Bonchev–Trinajstić information content (AvgIpc) is 2.61. The Kier molecular flexibility index (Phi) is 4.85. The lowest BCUT2D eigenvalue weighted by molar-refractivity contribution is -0.115. The minimum atomic E-state index is -0.384. The van der Waals surface area contributed by atoms with Crippen LogP contribution in [0.3, 0.4) is 0 Å². The van der Waals surface area contributed by atoms with Gasteiger partial charge in [-0.1, -0.05) is 46.3 Å². The minimum absolute atomic E-state index is 0.190. The molecule has 3 rings (SSSR count). The molecule has 1 aliphatic heterocycles. The molecule has 1 N–H and O–H groups in total. The number of rotatable bonds is 4. The van der Waals surface area contributed by atoms with Crippen LogP contribution in [0.1, 0.15) is 22.8 Å². The summed E-state index contributed by atoms with van der Waals surface area (Å²) in [5.41, 5.74) is 1.31. The molecule has 6 heteroatoms. The summed E-state index contributed by atoms with van der Waals surface area (Å²) in [4.78, 5) is 24.5. The molecule has 0 bridgehead atoms. The van der Waals surface area contributed by atoms with Gasteiger partial charge in [0.15, 0.2) is 17.3 Å². The maximum absolute atomic E-state index is 12.8.